The summed E-state index contributed by atoms with van der Waals surface area (Å²) in [7, 11) is -6.07. The van der Waals surface area contributed by atoms with Crippen LogP contribution in [0, 0.1) is 10.2 Å². The zero-order chi connectivity index (χ0) is 17.3. The van der Waals surface area contributed by atoms with Crippen LogP contribution >= 0.6 is 45.9 Å². The van der Waals surface area contributed by atoms with Crippen LogP contribution < -0.4 is 14.0 Å². The molecule has 0 aliphatic carbocycles. The molecule has 0 radical (unpaired) electrons. The Hall–Kier alpha value is -0.610. The Kier molecular flexibility index (Phi) is 5.55. The van der Waals surface area contributed by atoms with E-state index < -0.39 is 21.0 Å². The second-order valence-electron chi connectivity index (χ2n) is 4.50. The van der Waals surface area contributed by atoms with Crippen LogP contribution in [0.4, 0.5) is 0 Å². The number of nitrogens with zero attached hydrogens (tertiary/aromatic N) is 1. The maximum absolute atomic E-state index is 11.1. The van der Waals surface area contributed by atoms with E-state index in [1.165, 1.54) is 0 Å². The van der Waals surface area contributed by atoms with Crippen LogP contribution in [0.2, 0.25) is 10.0 Å². The summed E-state index contributed by atoms with van der Waals surface area (Å²) in [5, 5.41) is 1.42. The molecule has 0 saturated carbocycles. The zero-order valence-electron chi connectivity index (χ0n) is 11.6. The van der Waals surface area contributed by atoms with Crippen molar-refractivity contribution in [1.82, 2.24) is 0 Å². The normalized spacial score (nSPS) is 18.0. The second kappa shape index (κ2) is 7.33. The Morgan fingerprint density at radius 3 is 1.88 bits per heavy atom. The van der Waals surface area contributed by atoms with E-state index >= 15 is 0 Å². The van der Waals surface area contributed by atoms with Crippen molar-refractivity contribution >= 4 is 55.2 Å². The lowest BCUT2D eigenvalue weighted by molar-refractivity contribution is -1.91. The Labute approximate surface area is 156 Å². The smallest absolute Gasteiger partial charge is 0.175 e. The molecule has 2 aromatic rings. The first-order valence-corrected chi connectivity index (χ1v) is 10.2. The van der Waals surface area contributed by atoms with Gasteiger partial charge in [-0.2, -0.15) is 14.0 Å². The van der Waals surface area contributed by atoms with Gasteiger partial charge in [-0.1, -0.05) is 47.5 Å². The van der Waals surface area contributed by atoms with Gasteiger partial charge in [0.25, 0.3) is 0 Å². The molecule has 24 heavy (non-hydrogen) atoms. The average Bonchev–Trinajstić information content (AvgIpc) is 2.90. The van der Waals surface area contributed by atoms with Gasteiger partial charge in [0, 0.05) is 27.6 Å². The van der Waals surface area contributed by atoms with E-state index in [0.717, 1.165) is 11.9 Å². The molecule has 0 spiro atoms. The monoisotopic (exact) mass is 423 g/mol. The molecule has 2 aromatic carbocycles. The minimum absolute atomic E-state index is 0.355. The van der Waals surface area contributed by atoms with Crippen LogP contribution in [0.25, 0.3) is 0 Å². The highest BCUT2D eigenvalue weighted by Gasteiger charge is 2.35. The largest absolute Gasteiger partial charge is 0.201 e. The fourth-order valence-corrected chi connectivity index (χ4v) is 5.83. The van der Waals surface area contributed by atoms with Crippen molar-refractivity contribution in [3.63, 3.8) is 0 Å². The maximum Gasteiger partial charge on any atom is 0.175 e. The van der Waals surface area contributed by atoms with Gasteiger partial charge < -0.3 is 0 Å². The number of halogens is 3. The standard InChI is InChI=1S/C14H8Cl3NO4S2/c15-11-5-1-9(2-6-11)13-18-23-14(24(13)22-17(19,20)21)10-3-7-12(16)8-4-10/h1-8H. The van der Waals surface area contributed by atoms with Gasteiger partial charge in [0.2, 0.25) is 0 Å². The molecule has 5 nitrogen and oxygen atoms in total. The zero-order valence-corrected chi connectivity index (χ0v) is 15.6. The van der Waals surface area contributed by atoms with E-state index in [1.807, 2.05) is 0 Å². The van der Waals surface area contributed by atoms with Crippen molar-refractivity contribution in [2.45, 2.75) is 0 Å². The molecule has 1 atom stereocenters. The molecule has 0 N–H and O–H groups in total. The summed E-state index contributed by atoms with van der Waals surface area (Å²) in [5.41, 5.74) is 1.30. The van der Waals surface area contributed by atoms with Gasteiger partial charge in [0.1, 0.15) is 13.0 Å². The molecular weight excluding hydrogens is 417 g/mol. The topological polar surface area (TPSA) is 90.8 Å². The molecule has 1 aliphatic rings. The van der Waals surface area contributed by atoms with Gasteiger partial charge in [-0.3, -0.25) is 0 Å². The Bertz CT molecular complexity index is 817. The minimum Gasteiger partial charge on any atom is -0.201 e. The molecule has 0 fully saturated rings. The van der Waals surface area contributed by atoms with Crippen LogP contribution in [-0.4, -0.2) is 9.24 Å². The van der Waals surface area contributed by atoms with Crippen molar-refractivity contribution in [3.8, 4) is 0 Å². The first-order valence-electron chi connectivity index (χ1n) is 6.32. The van der Waals surface area contributed by atoms with Crippen molar-refractivity contribution in [2.75, 3.05) is 0 Å². The highest BCUT2D eigenvalue weighted by Crippen LogP contribution is 2.41. The molecule has 1 aliphatic heterocycles. The molecule has 0 aromatic heterocycles. The van der Waals surface area contributed by atoms with E-state index in [2.05, 4.69) is 4.40 Å². The Morgan fingerprint density at radius 1 is 0.875 bits per heavy atom. The fraction of sp³-hybridized carbons (Fsp3) is 0. The lowest BCUT2D eigenvalue weighted by Crippen LogP contribution is -2.60. The van der Waals surface area contributed by atoms with Gasteiger partial charge in [0.15, 0.2) is 10.8 Å². The van der Waals surface area contributed by atoms with Crippen molar-refractivity contribution in [2.24, 2.45) is 4.40 Å². The van der Waals surface area contributed by atoms with E-state index in [-0.39, 0.29) is 0 Å². The lowest BCUT2D eigenvalue weighted by atomic mass is 10.2. The summed E-state index contributed by atoms with van der Waals surface area (Å²) in [6.45, 7) is 0. The number of hydrogen-bond donors (Lipinski definition) is 0. The molecule has 0 bridgehead atoms. The molecular formula is C14H8Cl3NO4S2. The van der Waals surface area contributed by atoms with E-state index in [4.69, 9.17) is 26.9 Å². The summed E-state index contributed by atoms with van der Waals surface area (Å²) in [4.78, 5) is 0. The SMILES string of the molecule is [O-][Cl+3]([O-])([O-])OS1=C(c2ccc(Cl)cc2)SN=C1c1ccc(Cl)cc1. The van der Waals surface area contributed by atoms with Crippen molar-refractivity contribution in [3.05, 3.63) is 69.7 Å². The third-order valence-electron chi connectivity index (χ3n) is 2.87. The van der Waals surface area contributed by atoms with Crippen molar-refractivity contribution < 1.29 is 28.0 Å². The first kappa shape index (κ1) is 18.2. The maximum atomic E-state index is 11.1. The fourth-order valence-electron chi connectivity index (χ4n) is 1.87. The second-order valence-corrected chi connectivity index (χ2v) is 9.00. The summed E-state index contributed by atoms with van der Waals surface area (Å²) >= 11 is 12.8. The lowest BCUT2D eigenvalue weighted by Gasteiger charge is -2.14. The molecule has 3 rings (SSSR count). The molecule has 0 saturated heterocycles. The van der Waals surface area contributed by atoms with Crippen LogP contribution in [0.15, 0.2) is 52.9 Å². The predicted molar refractivity (Wildman–Crippen MR) is 89.8 cm³/mol. The summed E-state index contributed by atoms with van der Waals surface area (Å²) in [5.74, 6) is 0. The van der Waals surface area contributed by atoms with E-state index in [0.29, 0.717) is 30.4 Å². The van der Waals surface area contributed by atoms with E-state index in [1.54, 1.807) is 48.5 Å². The third-order valence-corrected chi connectivity index (χ3v) is 7.21. The summed E-state index contributed by atoms with van der Waals surface area (Å²) in [6.07, 6.45) is 0. The third kappa shape index (κ3) is 4.32. The van der Waals surface area contributed by atoms with Crippen LogP contribution in [0.3, 0.4) is 0 Å². The minimum atomic E-state index is -4.62. The highest BCUT2D eigenvalue weighted by atomic mass is 35.7. The summed E-state index contributed by atoms with van der Waals surface area (Å²) < 4.78 is 42.9. The van der Waals surface area contributed by atoms with Gasteiger partial charge in [-0.25, -0.2) is 4.40 Å². The molecule has 10 heteroatoms. The highest BCUT2D eigenvalue weighted by molar-refractivity contribution is 8.41. The molecule has 126 valence electrons. The van der Waals surface area contributed by atoms with Crippen LogP contribution in [-0.2, 0) is 3.74 Å². The van der Waals surface area contributed by atoms with Gasteiger partial charge >= 0.3 is 0 Å². The van der Waals surface area contributed by atoms with Crippen molar-refractivity contribution in [1.29, 1.82) is 0 Å². The van der Waals surface area contributed by atoms with Gasteiger partial charge in [0.05, 0.1) is 10.2 Å². The van der Waals surface area contributed by atoms with Crippen LogP contribution in [0.5, 0.6) is 0 Å². The molecule has 1 unspecified atom stereocenters. The number of hydrogen-bond acceptors (Lipinski definition) is 6. The number of rotatable bonds is 4. The quantitative estimate of drug-likeness (QED) is 0.550. The molecule has 0 amide bonds. The predicted octanol–water partition coefficient (Wildman–Crippen LogP) is 1.68. The van der Waals surface area contributed by atoms with Gasteiger partial charge in [-0.15, -0.1) is 0 Å². The average molecular weight is 425 g/mol. The first-order chi connectivity index (χ1) is 11.3. The number of benzene rings is 2. The Balaban J connectivity index is 2.06. The Morgan fingerprint density at radius 2 is 1.38 bits per heavy atom. The summed E-state index contributed by atoms with van der Waals surface area (Å²) in [6, 6.07) is 13.4. The van der Waals surface area contributed by atoms with Gasteiger partial charge in [-0.05, 0) is 29.8 Å². The van der Waals surface area contributed by atoms with E-state index in [9.17, 15) is 14.0 Å². The van der Waals surface area contributed by atoms with Crippen LogP contribution in [0.1, 0.15) is 11.1 Å². The molecule has 1 heterocycles.